The first-order valence-corrected chi connectivity index (χ1v) is 7.19. The first kappa shape index (κ1) is 15.0. The van der Waals surface area contributed by atoms with Gasteiger partial charge in [0.05, 0.1) is 12.1 Å². The van der Waals surface area contributed by atoms with Crippen LogP contribution in [-0.2, 0) is 4.79 Å². The highest BCUT2D eigenvalue weighted by molar-refractivity contribution is 5.87. The maximum absolute atomic E-state index is 12.3. The van der Waals surface area contributed by atoms with E-state index in [0.717, 1.165) is 11.1 Å². The molecule has 2 rings (SSSR count). The first-order chi connectivity index (χ1) is 10.1. The molecule has 0 heterocycles. The average molecular weight is 279 g/mol. The Hall–Kier alpha value is -2.35. The van der Waals surface area contributed by atoms with Gasteiger partial charge in [-0.3, -0.25) is 4.79 Å². The Balaban J connectivity index is 2.35. The Morgan fingerprint density at radius 3 is 1.62 bits per heavy atom. The summed E-state index contributed by atoms with van der Waals surface area (Å²) in [6, 6.07) is 20.1. The molecule has 0 N–H and O–H groups in total. The Morgan fingerprint density at radius 2 is 1.29 bits per heavy atom. The van der Waals surface area contributed by atoms with E-state index in [9.17, 15) is 4.79 Å². The van der Waals surface area contributed by atoms with E-state index in [1.165, 1.54) is 6.08 Å². The maximum atomic E-state index is 12.3. The number of benzene rings is 2. The normalized spacial score (nSPS) is 13.2. The first-order valence-electron chi connectivity index (χ1n) is 7.19. The molecule has 2 heteroatoms. The van der Waals surface area contributed by atoms with Crippen molar-refractivity contribution in [1.29, 1.82) is 0 Å². The average Bonchev–Trinajstić information content (AvgIpc) is 2.56. The highest BCUT2D eigenvalue weighted by Gasteiger charge is 2.25. The molecule has 0 aliphatic carbocycles. The van der Waals surface area contributed by atoms with E-state index in [2.05, 4.69) is 20.4 Å². The van der Waals surface area contributed by atoms with Gasteiger partial charge in [0.15, 0.2) is 0 Å². The summed E-state index contributed by atoms with van der Waals surface area (Å²) >= 11 is 0. The molecule has 0 fully saturated rings. The van der Waals surface area contributed by atoms with E-state index < -0.39 is 0 Å². The summed E-state index contributed by atoms with van der Waals surface area (Å²) in [6.45, 7) is 7.75. The molecule has 2 atom stereocenters. The third kappa shape index (κ3) is 3.40. The summed E-state index contributed by atoms with van der Waals surface area (Å²) in [6.07, 6.45) is 1.39. The Bertz CT molecular complexity index is 546. The molecule has 0 spiro atoms. The molecule has 0 saturated heterocycles. The molecule has 1 amide bonds. The number of hydrogen-bond acceptors (Lipinski definition) is 1. The predicted octanol–water partition coefficient (Wildman–Crippen LogP) is 4.52. The van der Waals surface area contributed by atoms with Crippen molar-refractivity contribution in [3.63, 3.8) is 0 Å². The van der Waals surface area contributed by atoms with Crippen molar-refractivity contribution in [3.05, 3.63) is 84.4 Å². The zero-order valence-corrected chi connectivity index (χ0v) is 12.6. The van der Waals surface area contributed by atoms with E-state index in [-0.39, 0.29) is 18.0 Å². The van der Waals surface area contributed by atoms with E-state index >= 15 is 0 Å². The van der Waals surface area contributed by atoms with Crippen LogP contribution in [0.25, 0.3) is 0 Å². The highest BCUT2D eigenvalue weighted by atomic mass is 16.2. The minimum atomic E-state index is -0.0530. The fraction of sp³-hybridized carbons (Fsp3) is 0.211. The largest absolute Gasteiger partial charge is 0.326 e. The van der Waals surface area contributed by atoms with Crippen molar-refractivity contribution in [2.45, 2.75) is 25.9 Å². The molecule has 2 aromatic rings. The fourth-order valence-corrected chi connectivity index (χ4v) is 2.61. The van der Waals surface area contributed by atoms with Crippen LogP contribution in [0.15, 0.2) is 73.3 Å². The maximum Gasteiger partial charge on any atom is 0.246 e. The summed E-state index contributed by atoms with van der Waals surface area (Å²) < 4.78 is 0. The van der Waals surface area contributed by atoms with E-state index in [1.807, 2.05) is 65.6 Å². The van der Waals surface area contributed by atoms with Gasteiger partial charge in [0.25, 0.3) is 0 Å². The van der Waals surface area contributed by atoms with E-state index in [1.54, 1.807) is 0 Å². The molecule has 0 bridgehead atoms. The van der Waals surface area contributed by atoms with Crippen LogP contribution >= 0.6 is 0 Å². The van der Waals surface area contributed by atoms with Gasteiger partial charge in [-0.05, 0) is 31.1 Å². The van der Waals surface area contributed by atoms with E-state index in [0.29, 0.717) is 0 Å². The SMILES string of the molecule is C=CC(=O)N([C@H](C)c1ccccc1)[C@H](C)c1ccccc1. The molecular weight excluding hydrogens is 258 g/mol. The van der Waals surface area contributed by atoms with Gasteiger partial charge in [0.2, 0.25) is 5.91 Å². The van der Waals surface area contributed by atoms with Gasteiger partial charge in [0, 0.05) is 0 Å². The van der Waals surface area contributed by atoms with Gasteiger partial charge in [-0.2, -0.15) is 0 Å². The van der Waals surface area contributed by atoms with Gasteiger partial charge < -0.3 is 4.90 Å². The van der Waals surface area contributed by atoms with Crippen LogP contribution in [0, 0.1) is 0 Å². The molecule has 21 heavy (non-hydrogen) atoms. The van der Waals surface area contributed by atoms with Gasteiger partial charge in [-0.25, -0.2) is 0 Å². The van der Waals surface area contributed by atoms with Crippen LogP contribution in [0.5, 0.6) is 0 Å². The molecule has 0 radical (unpaired) electrons. The lowest BCUT2D eigenvalue weighted by Crippen LogP contribution is -2.34. The van der Waals surface area contributed by atoms with Crippen molar-refractivity contribution >= 4 is 5.91 Å². The van der Waals surface area contributed by atoms with Gasteiger partial charge in [0.1, 0.15) is 0 Å². The number of carbonyl (C=O) groups excluding carboxylic acids is 1. The van der Waals surface area contributed by atoms with Crippen molar-refractivity contribution in [2.75, 3.05) is 0 Å². The second-order valence-electron chi connectivity index (χ2n) is 5.12. The minimum Gasteiger partial charge on any atom is -0.326 e. The molecule has 108 valence electrons. The lowest BCUT2D eigenvalue weighted by molar-refractivity contribution is -0.130. The summed E-state index contributed by atoms with van der Waals surface area (Å²) in [4.78, 5) is 14.2. The molecule has 0 aliphatic rings. The van der Waals surface area contributed by atoms with Crippen LogP contribution < -0.4 is 0 Å². The van der Waals surface area contributed by atoms with Crippen LogP contribution in [0.2, 0.25) is 0 Å². The summed E-state index contributed by atoms with van der Waals surface area (Å²) in [7, 11) is 0. The monoisotopic (exact) mass is 279 g/mol. The van der Waals surface area contributed by atoms with Crippen LogP contribution in [0.1, 0.15) is 37.1 Å². The van der Waals surface area contributed by atoms with Gasteiger partial charge in [-0.1, -0.05) is 67.2 Å². The molecule has 2 aromatic carbocycles. The van der Waals surface area contributed by atoms with Crippen molar-refractivity contribution < 1.29 is 4.79 Å². The number of amides is 1. The molecule has 0 aliphatic heterocycles. The Kier molecular flexibility index (Phi) is 4.94. The van der Waals surface area contributed by atoms with Crippen LogP contribution in [-0.4, -0.2) is 10.8 Å². The van der Waals surface area contributed by atoms with E-state index in [4.69, 9.17) is 0 Å². The third-order valence-corrected chi connectivity index (χ3v) is 3.83. The Morgan fingerprint density at radius 1 is 0.905 bits per heavy atom. The lowest BCUT2D eigenvalue weighted by atomic mass is 10.0. The minimum absolute atomic E-state index is 0.00749. The van der Waals surface area contributed by atoms with Crippen molar-refractivity contribution in [2.24, 2.45) is 0 Å². The standard InChI is InChI=1S/C19H21NO/c1-4-19(21)20(15(2)17-11-7-5-8-12-17)16(3)18-13-9-6-10-14-18/h4-16H,1H2,2-3H3/t15-,16-/m1/s1. The molecule has 0 unspecified atom stereocenters. The highest BCUT2D eigenvalue weighted by Crippen LogP contribution is 2.30. The molecule has 0 aromatic heterocycles. The molecule has 2 nitrogen and oxygen atoms in total. The Labute approximate surface area is 126 Å². The second-order valence-corrected chi connectivity index (χ2v) is 5.12. The third-order valence-electron chi connectivity index (χ3n) is 3.83. The van der Waals surface area contributed by atoms with Crippen molar-refractivity contribution in [3.8, 4) is 0 Å². The number of carbonyl (C=O) groups is 1. The number of nitrogens with zero attached hydrogens (tertiary/aromatic N) is 1. The summed E-state index contributed by atoms with van der Waals surface area (Å²) in [5.41, 5.74) is 2.24. The summed E-state index contributed by atoms with van der Waals surface area (Å²) in [5, 5.41) is 0. The smallest absolute Gasteiger partial charge is 0.246 e. The second kappa shape index (κ2) is 6.89. The fourth-order valence-electron chi connectivity index (χ4n) is 2.61. The zero-order valence-electron chi connectivity index (χ0n) is 12.6. The van der Waals surface area contributed by atoms with Crippen LogP contribution in [0.3, 0.4) is 0 Å². The lowest BCUT2D eigenvalue weighted by Gasteiger charge is -2.34. The van der Waals surface area contributed by atoms with Gasteiger partial charge >= 0.3 is 0 Å². The topological polar surface area (TPSA) is 20.3 Å². The predicted molar refractivity (Wildman–Crippen MR) is 86.8 cm³/mol. The van der Waals surface area contributed by atoms with Gasteiger partial charge in [-0.15, -0.1) is 0 Å². The van der Waals surface area contributed by atoms with Crippen molar-refractivity contribution in [1.82, 2.24) is 4.90 Å². The number of hydrogen-bond donors (Lipinski definition) is 0. The quantitative estimate of drug-likeness (QED) is 0.737. The molecular formula is C19H21NO. The molecule has 0 saturated carbocycles. The zero-order chi connectivity index (χ0) is 15.2. The summed E-state index contributed by atoms with van der Waals surface area (Å²) in [5.74, 6) is -0.0530. The van der Waals surface area contributed by atoms with Crippen LogP contribution in [0.4, 0.5) is 0 Å². The number of rotatable bonds is 5.